The third kappa shape index (κ3) is 4.25. The van der Waals surface area contributed by atoms with Gasteiger partial charge >= 0.3 is 0 Å². The standard InChI is InChI=1S/C21H21N3O2/c1-2-23(15-17-9-5-3-6-10-17)21(26)16-24-20(25)14-13-19(22-24)18-11-7-4-8-12-18/h3-14H,2,15-16H2,1H3. The highest BCUT2D eigenvalue weighted by Gasteiger charge is 2.14. The zero-order valence-electron chi connectivity index (χ0n) is 14.7. The largest absolute Gasteiger partial charge is 0.337 e. The van der Waals surface area contributed by atoms with E-state index in [2.05, 4.69) is 5.10 Å². The van der Waals surface area contributed by atoms with Gasteiger partial charge in [0.15, 0.2) is 0 Å². The molecule has 0 aliphatic heterocycles. The van der Waals surface area contributed by atoms with Crippen LogP contribution in [0.4, 0.5) is 0 Å². The van der Waals surface area contributed by atoms with Crippen LogP contribution in [0.3, 0.4) is 0 Å². The highest BCUT2D eigenvalue weighted by atomic mass is 16.2. The summed E-state index contributed by atoms with van der Waals surface area (Å²) in [6.07, 6.45) is 0. The number of carbonyl (C=O) groups is 1. The fourth-order valence-electron chi connectivity index (χ4n) is 2.73. The minimum absolute atomic E-state index is 0.0693. The summed E-state index contributed by atoms with van der Waals surface area (Å²) in [7, 11) is 0. The molecular weight excluding hydrogens is 326 g/mol. The van der Waals surface area contributed by atoms with Crippen molar-refractivity contribution in [1.29, 1.82) is 0 Å². The number of rotatable bonds is 6. The first-order valence-electron chi connectivity index (χ1n) is 8.62. The lowest BCUT2D eigenvalue weighted by atomic mass is 10.1. The van der Waals surface area contributed by atoms with Crippen LogP contribution in [0.5, 0.6) is 0 Å². The summed E-state index contributed by atoms with van der Waals surface area (Å²) >= 11 is 0. The van der Waals surface area contributed by atoms with Gasteiger partial charge in [0.1, 0.15) is 6.54 Å². The number of benzene rings is 2. The van der Waals surface area contributed by atoms with Crippen LogP contribution in [0.25, 0.3) is 11.3 Å². The van der Waals surface area contributed by atoms with Crippen LogP contribution in [-0.2, 0) is 17.9 Å². The van der Waals surface area contributed by atoms with E-state index in [1.54, 1.807) is 11.0 Å². The normalized spacial score (nSPS) is 10.5. The zero-order valence-corrected chi connectivity index (χ0v) is 14.7. The number of aromatic nitrogens is 2. The maximum absolute atomic E-state index is 12.7. The fourth-order valence-corrected chi connectivity index (χ4v) is 2.73. The summed E-state index contributed by atoms with van der Waals surface area (Å²) in [5.41, 5.74) is 2.35. The van der Waals surface area contributed by atoms with Gasteiger partial charge in [-0.2, -0.15) is 5.10 Å². The summed E-state index contributed by atoms with van der Waals surface area (Å²) in [5.74, 6) is -0.129. The Labute approximate surface area is 152 Å². The summed E-state index contributed by atoms with van der Waals surface area (Å²) in [5, 5.41) is 4.36. The molecule has 5 nitrogen and oxygen atoms in total. The van der Waals surface area contributed by atoms with Crippen molar-refractivity contribution in [2.24, 2.45) is 0 Å². The van der Waals surface area contributed by atoms with Crippen LogP contribution < -0.4 is 5.56 Å². The first kappa shape index (κ1) is 17.6. The second-order valence-electron chi connectivity index (χ2n) is 5.97. The molecule has 0 saturated carbocycles. The Balaban J connectivity index is 1.78. The molecule has 5 heteroatoms. The number of hydrogen-bond acceptors (Lipinski definition) is 3. The molecule has 0 bridgehead atoms. The molecule has 3 aromatic rings. The lowest BCUT2D eigenvalue weighted by molar-refractivity contribution is -0.132. The Morgan fingerprint density at radius 1 is 0.962 bits per heavy atom. The molecule has 0 fully saturated rings. The number of nitrogens with zero attached hydrogens (tertiary/aromatic N) is 3. The molecule has 0 unspecified atom stereocenters. The molecule has 0 atom stereocenters. The van der Waals surface area contributed by atoms with Gasteiger partial charge in [-0.15, -0.1) is 0 Å². The molecule has 2 aromatic carbocycles. The van der Waals surface area contributed by atoms with Crippen molar-refractivity contribution in [3.05, 3.63) is 88.7 Å². The number of hydrogen-bond donors (Lipinski definition) is 0. The second kappa shape index (κ2) is 8.25. The van der Waals surface area contributed by atoms with E-state index in [1.165, 1.54) is 10.7 Å². The van der Waals surface area contributed by atoms with Crippen molar-refractivity contribution < 1.29 is 4.79 Å². The highest BCUT2D eigenvalue weighted by molar-refractivity contribution is 5.76. The Bertz CT molecular complexity index is 921. The monoisotopic (exact) mass is 347 g/mol. The van der Waals surface area contributed by atoms with Gasteiger partial charge in [0.2, 0.25) is 5.91 Å². The van der Waals surface area contributed by atoms with Crippen molar-refractivity contribution >= 4 is 5.91 Å². The van der Waals surface area contributed by atoms with E-state index in [4.69, 9.17) is 0 Å². The molecule has 1 heterocycles. The van der Waals surface area contributed by atoms with Crippen molar-refractivity contribution in [3.8, 4) is 11.3 Å². The SMILES string of the molecule is CCN(Cc1ccccc1)C(=O)Cn1nc(-c2ccccc2)ccc1=O. The van der Waals surface area contributed by atoms with Gasteiger partial charge in [0.05, 0.1) is 5.69 Å². The van der Waals surface area contributed by atoms with Crippen LogP contribution >= 0.6 is 0 Å². The minimum atomic E-state index is -0.284. The van der Waals surface area contributed by atoms with Crippen molar-refractivity contribution in [2.45, 2.75) is 20.0 Å². The van der Waals surface area contributed by atoms with E-state index in [1.807, 2.05) is 67.6 Å². The van der Waals surface area contributed by atoms with Crippen LogP contribution in [0, 0.1) is 0 Å². The van der Waals surface area contributed by atoms with Gasteiger partial charge in [-0.3, -0.25) is 9.59 Å². The number of carbonyl (C=O) groups excluding carboxylic acids is 1. The lowest BCUT2D eigenvalue weighted by Gasteiger charge is -2.21. The first-order chi connectivity index (χ1) is 12.7. The van der Waals surface area contributed by atoms with E-state index >= 15 is 0 Å². The minimum Gasteiger partial charge on any atom is -0.337 e. The lowest BCUT2D eigenvalue weighted by Crippen LogP contribution is -2.36. The van der Waals surface area contributed by atoms with Crippen LogP contribution in [0.15, 0.2) is 77.6 Å². The second-order valence-corrected chi connectivity index (χ2v) is 5.97. The Kier molecular flexibility index (Phi) is 5.59. The highest BCUT2D eigenvalue weighted by Crippen LogP contribution is 2.14. The predicted octanol–water partition coefficient (Wildman–Crippen LogP) is 2.96. The summed E-state index contributed by atoms with van der Waals surface area (Å²) in [6, 6.07) is 22.5. The predicted molar refractivity (Wildman–Crippen MR) is 101 cm³/mol. The molecule has 132 valence electrons. The molecule has 1 amide bonds. The molecule has 0 aliphatic rings. The fraction of sp³-hybridized carbons (Fsp3) is 0.190. The molecular formula is C21H21N3O2. The average molecular weight is 347 g/mol. The van der Waals surface area contributed by atoms with Gasteiger partial charge in [-0.05, 0) is 18.6 Å². The quantitative estimate of drug-likeness (QED) is 0.689. The molecule has 3 rings (SSSR count). The number of likely N-dealkylation sites (N-methyl/N-ethyl adjacent to an activating group) is 1. The Morgan fingerprint density at radius 2 is 1.62 bits per heavy atom. The van der Waals surface area contributed by atoms with Crippen molar-refractivity contribution in [3.63, 3.8) is 0 Å². The van der Waals surface area contributed by atoms with E-state index < -0.39 is 0 Å². The van der Waals surface area contributed by atoms with Gasteiger partial charge in [-0.25, -0.2) is 4.68 Å². The third-order valence-corrected chi connectivity index (χ3v) is 4.17. The Hall–Kier alpha value is -3.21. The smallest absolute Gasteiger partial charge is 0.267 e. The molecule has 0 N–H and O–H groups in total. The molecule has 0 radical (unpaired) electrons. The van der Waals surface area contributed by atoms with Gasteiger partial charge in [0.25, 0.3) is 5.56 Å². The molecule has 1 aromatic heterocycles. The van der Waals surface area contributed by atoms with Gasteiger partial charge < -0.3 is 4.90 Å². The molecule has 26 heavy (non-hydrogen) atoms. The average Bonchev–Trinajstić information content (AvgIpc) is 2.69. The number of amides is 1. The topological polar surface area (TPSA) is 55.2 Å². The van der Waals surface area contributed by atoms with Crippen LogP contribution in [0.1, 0.15) is 12.5 Å². The summed E-state index contributed by atoms with van der Waals surface area (Å²) in [6.45, 7) is 2.95. The third-order valence-electron chi connectivity index (χ3n) is 4.17. The zero-order chi connectivity index (χ0) is 18.4. The van der Waals surface area contributed by atoms with Crippen LogP contribution in [-0.4, -0.2) is 27.1 Å². The maximum Gasteiger partial charge on any atom is 0.267 e. The van der Waals surface area contributed by atoms with E-state index in [9.17, 15) is 9.59 Å². The van der Waals surface area contributed by atoms with Crippen molar-refractivity contribution in [1.82, 2.24) is 14.7 Å². The summed E-state index contributed by atoms with van der Waals surface area (Å²) < 4.78 is 1.23. The molecule has 0 saturated heterocycles. The van der Waals surface area contributed by atoms with E-state index in [-0.39, 0.29) is 18.0 Å². The van der Waals surface area contributed by atoms with Crippen molar-refractivity contribution in [2.75, 3.05) is 6.54 Å². The first-order valence-corrected chi connectivity index (χ1v) is 8.62. The van der Waals surface area contributed by atoms with Crippen LogP contribution in [0.2, 0.25) is 0 Å². The van der Waals surface area contributed by atoms with E-state index in [0.717, 1.165) is 11.1 Å². The van der Waals surface area contributed by atoms with Gasteiger partial charge in [-0.1, -0.05) is 60.7 Å². The van der Waals surface area contributed by atoms with Gasteiger partial charge in [0, 0.05) is 24.7 Å². The molecule has 0 spiro atoms. The summed E-state index contributed by atoms with van der Waals surface area (Å²) in [4.78, 5) is 26.5. The molecule has 0 aliphatic carbocycles. The Morgan fingerprint density at radius 3 is 2.27 bits per heavy atom. The van der Waals surface area contributed by atoms with E-state index in [0.29, 0.717) is 18.8 Å². The maximum atomic E-state index is 12.7.